The molecule has 0 amide bonds. The molecule has 1 aliphatic heterocycles. The molecule has 0 aromatic carbocycles. The van der Waals surface area contributed by atoms with Crippen LogP contribution in [0.1, 0.15) is 19.8 Å². The molecule has 0 saturated carbocycles. The molecule has 0 unspecified atom stereocenters. The van der Waals surface area contributed by atoms with Crippen molar-refractivity contribution >= 4 is 29.1 Å². The topological polar surface area (TPSA) is 115 Å². The number of hydrogen-bond donors (Lipinski definition) is 3. The van der Waals surface area contributed by atoms with Crippen molar-refractivity contribution in [2.75, 3.05) is 11.1 Å². The van der Waals surface area contributed by atoms with E-state index in [4.69, 9.17) is 5.73 Å². The van der Waals surface area contributed by atoms with Crippen molar-refractivity contribution in [2.24, 2.45) is 0 Å². The van der Waals surface area contributed by atoms with Gasteiger partial charge in [-0.1, -0.05) is 16.9 Å². The summed E-state index contributed by atoms with van der Waals surface area (Å²) in [7, 11) is 0. The van der Waals surface area contributed by atoms with E-state index < -0.39 is 5.56 Å². The Morgan fingerprint density at radius 2 is 2.31 bits per heavy atom. The largest absolute Gasteiger partial charge is 0.355 e. The third kappa shape index (κ3) is 1.67. The van der Waals surface area contributed by atoms with Crippen LogP contribution in [-0.4, -0.2) is 21.6 Å². The Morgan fingerprint density at radius 3 is 3.00 bits per heavy atom. The molecule has 0 aliphatic carbocycles. The smallest absolute Gasteiger partial charge is 0.346 e. The number of aliphatic imine (C=N–C) groups is 1. The summed E-state index contributed by atoms with van der Waals surface area (Å²) in [4.78, 5) is 33.1. The first-order chi connectivity index (χ1) is 7.61. The molecular formula is C9H11N5O2+. The zero-order valence-electron chi connectivity index (χ0n) is 8.70. The van der Waals surface area contributed by atoms with Gasteiger partial charge < -0.3 is 5.73 Å². The number of nitrogen functional groups attached to an aromatic ring is 1. The molecule has 83 valence electrons. The third-order valence-electron chi connectivity index (χ3n) is 2.12. The number of Topliss-reactive ketones (excluding diaryl/α,β-unsaturated/α-hetero) is 1. The molecule has 0 fully saturated rings. The van der Waals surface area contributed by atoms with Gasteiger partial charge in [0.25, 0.3) is 11.5 Å². The number of aromatic amines is 1. The van der Waals surface area contributed by atoms with Crippen molar-refractivity contribution in [3.8, 4) is 0 Å². The van der Waals surface area contributed by atoms with Gasteiger partial charge in [-0.2, -0.15) is 0 Å². The van der Waals surface area contributed by atoms with Gasteiger partial charge in [-0.15, -0.1) is 0 Å². The van der Waals surface area contributed by atoms with E-state index in [1.165, 1.54) is 0 Å². The van der Waals surface area contributed by atoms with Gasteiger partial charge >= 0.3 is 11.7 Å². The number of nitrogens with two attached hydrogens (primary N) is 1. The van der Waals surface area contributed by atoms with E-state index in [0.717, 1.165) is 6.42 Å². The van der Waals surface area contributed by atoms with Gasteiger partial charge in [0, 0.05) is 6.42 Å². The average Bonchev–Trinajstić information content (AvgIpc) is 2.62. The summed E-state index contributed by atoms with van der Waals surface area (Å²) < 4.78 is 0. The molecule has 4 N–H and O–H groups in total. The number of nitrogens with zero attached hydrogens (tertiary/aromatic N) is 2. The van der Waals surface area contributed by atoms with Crippen LogP contribution in [0.2, 0.25) is 0 Å². The highest BCUT2D eigenvalue weighted by Gasteiger charge is 2.32. The fourth-order valence-corrected chi connectivity index (χ4v) is 1.40. The summed E-state index contributed by atoms with van der Waals surface area (Å²) in [6, 6.07) is 0. The lowest BCUT2D eigenvalue weighted by Crippen LogP contribution is -2.24. The normalized spacial score (nSPS) is 12.9. The summed E-state index contributed by atoms with van der Waals surface area (Å²) in [5, 5.41) is 2.65. The van der Waals surface area contributed by atoms with Crippen molar-refractivity contribution in [3.63, 3.8) is 0 Å². The second kappa shape index (κ2) is 3.76. The third-order valence-corrected chi connectivity index (χ3v) is 2.12. The van der Waals surface area contributed by atoms with Gasteiger partial charge in [0.05, 0.1) is 0 Å². The monoisotopic (exact) mass is 221 g/mol. The SMILES string of the molecule is CCCC(=O)C1=[N+]c2nc(N)[nH]c(=O)c2N1. The molecule has 1 radical (unpaired) electrons. The zero-order chi connectivity index (χ0) is 11.7. The number of amidine groups is 1. The maximum atomic E-state index is 11.5. The second-order valence-electron chi connectivity index (χ2n) is 3.41. The number of H-pyrrole nitrogens is 1. The van der Waals surface area contributed by atoms with Gasteiger partial charge in [-0.25, -0.2) is 0 Å². The minimum atomic E-state index is -0.425. The van der Waals surface area contributed by atoms with Gasteiger partial charge in [-0.05, 0) is 6.42 Å². The molecule has 1 aromatic rings. The Bertz CT molecular complexity index is 531. The van der Waals surface area contributed by atoms with E-state index in [1.54, 1.807) is 0 Å². The number of carbonyl (C=O) groups is 1. The Balaban J connectivity index is 2.35. The van der Waals surface area contributed by atoms with Crippen molar-refractivity contribution in [1.82, 2.24) is 15.0 Å². The summed E-state index contributed by atoms with van der Waals surface area (Å²) >= 11 is 0. The van der Waals surface area contributed by atoms with Gasteiger partial charge in [0.1, 0.15) is 0 Å². The Hall–Kier alpha value is -2.18. The summed E-state index contributed by atoms with van der Waals surface area (Å²) in [5.74, 6) is 0.165. The maximum Gasteiger partial charge on any atom is 0.346 e. The van der Waals surface area contributed by atoms with Gasteiger partial charge in [0.2, 0.25) is 11.5 Å². The Labute approximate surface area is 90.8 Å². The van der Waals surface area contributed by atoms with Crippen LogP contribution in [0, 0.1) is 0 Å². The van der Waals surface area contributed by atoms with Gasteiger partial charge in [-0.3, -0.25) is 19.9 Å². The number of rotatable bonds is 3. The molecule has 16 heavy (non-hydrogen) atoms. The maximum absolute atomic E-state index is 11.5. The van der Waals surface area contributed by atoms with Crippen LogP contribution in [0.5, 0.6) is 0 Å². The zero-order valence-corrected chi connectivity index (χ0v) is 8.70. The number of anilines is 2. The first-order valence-electron chi connectivity index (χ1n) is 4.90. The summed E-state index contributed by atoms with van der Waals surface area (Å²) in [5.41, 5.74) is 5.11. The van der Waals surface area contributed by atoms with E-state index in [2.05, 4.69) is 20.3 Å². The predicted molar refractivity (Wildman–Crippen MR) is 59.6 cm³/mol. The number of ketones is 1. The number of fused-ring (bicyclic) bond motifs is 1. The van der Waals surface area contributed by atoms with Crippen molar-refractivity contribution < 1.29 is 4.79 Å². The summed E-state index contributed by atoms with van der Waals surface area (Å²) in [6.07, 6.45) is 1.11. The van der Waals surface area contributed by atoms with Gasteiger partial charge in [0.15, 0.2) is 0 Å². The number of nitrogens with one attached hydrogen (secondary N) is 2. The lowest BCUT2D eigenvalue weighted by atomic mass is 10.2. The fraction of sp³-hybridized carbons (Fsp3) is 0.333. The van der Waals surface area contributed by atoms with Crippen LogP contribution in [0.3, 0.4) is 0 Å². The van der Waals surface area contributed by atoms with Crippen LogP contribution in [0.15, 0.2) is 4.79 Å². The number of aromatic nitrogens is 2. The predicted octanol–water partition coefficient (Wildman–Crippen LogP) is -0.487. The standard InChI is InChI=1S/C9H11N5O2/c1-2-3-4(15)6-11-5-7(12-6)13-9(10)14-8(5)16/h11H,2-3H2,1H3,(H3,10,13,14,16)/q+1. The van der Waals surface area contributed by atoms with Crippen LogP contribution in [0.25, 0.3) is 0 Å². The van der Waals surface area contributed by atoms with E-state index in [0.29, 0.717) is 6.42 Å². The highest BCUT2D eigenvalue weighted by molar-refractivity contribution is 6.44. The molecule has 0 bridgehead atoms. The number of hydrogen-bond acceptors (Lipinski definition) is 6. The van der Waals surface area contributed by atoms with E-state index >= 15 is 0 Å². The molecular weight excluding hydrogens is 210 g/mol. The molecule has 2 rings (SSSR count). The van der Waals surface area contributed by atoms with Crippen LogP contribution in [0.4, 0.5) is 17.5 Å². The molecule has 1 aliphatic rings. The first kappa shape index (κ1) is 10.3. The first-order valence-corrected chi connectivity index (χ1v) is 4.90. The van der Waals surface area contributed by atoms with Crippen molar-refractivity contribution in [3.05, 3.63) is 10.4 Å². The molecule has 0 atom stereocenters. The molecule has 1 aromatic heterocycles. The summed E-state index contributed by atoms with van der Waals surface area (Å²) in [6.45, 7) is 1.89. The molecule has 0 saturated heterocycles. The number of carbonyl (C=O) groups excluding carboxylic acids is 1. The van der Waals surface area contributed by atoms with Crippen LogP contribution >= 0.6 is 0 Å². The lowest BCUT2D eigenvalue weighted by Gasteiger charge is -1.93. The molecule has 0 spiro atoms. The molecule has 2 heterocycles. The highest BCUT2D eigenvalue weighted by Crippen LogP contribution is 2.17. The second-order valence-corrected chi connectivity index (χ2v) is 3.41. The fourth-order valence-electron chi connectivity index (χ4n) is 1.40. The van der Waals surface area contributed by atoms with E-state index in [9.17, 15) is 9.59 Å². The van der Waals surface area contributed by atoms with Crippen LogP contribution in [-0.2, 0) is 4.79 Å². The van der Waals surface area contributed by atoms with Crippen molar-refractivity contribution in [1.29, 1.82) is 0 Å². The Kier molecular flexibility index (Phi) is 2.43. The van der Waals surface area contributed by atoms with E-state index in [-0.39, 0.29) is 29.1 Å². The van der Waals surface area contributed by atoms with Crippen molar-refractivity contribution in [2.45, 2.75) is 19.8 Å². The van der Waals surface area contributed by atoms with Crippen LogP contribution < -0.4 is 21.6 Å². The molecule has 7 heteroatoms. The molecule has 7 nitrogen and oxygen atoms in total. The minimum Gasteiger partial charge on any atom is -0.355 e. The Morgan fingerprint density at radius 1 is 1.56 bits per heavy atom. The lowest BCUT2D eigenvalue weighted by molar-refractivity contribution is -0.113. The quantitative estimate of drug-likeness (QED) is 0.637. The van der Waals surface area contributed by atoms with E-state index in [1.807, 2.05) is 6.92 Å². The minimum absolute atomic E-state index is 0.0153. The highest BCUT2D eigenvalue weighted by atomic mass is 16.1. The average molecular weight is 221 g/mol.